The molecular formula is C24H27N3O2S. The topological polar surface area (TPSA) is 45.6 Å². The van der Waals surface area contributed by atoms with Gasteiger partial charge in [-0.2, -0.15) is 0 Å². The van der Waals surface area contributed by atoms with E-state index in [0.717, 1.165) is 54.8 Å². The molecule has 1 atom stereocenters. The Hall–Kier alpha value is -2.60. The first-order valence-electron chi connectivity index (χ1n) is 10.9. The summed E-state index contributed by atoms with van der Waals surface area (Å²) in [6.45, 7) is 5.56. The van der Waals surface area contributed by atoms with Gasteiger partial charge < -0.3 is 14.4 Å². The number of aryl methyl sites for hydroxylation is 1. The number of nitrogens with zero attached hydrogens (tertiary/aromatic N) is 3. The molecule has 0 bridgehead atoms. The van der Waals surface area contributed by atoms with Crippen molar-refractivity contribution < 1.29 is 9.59 Å². The molecule has 156 valence electrons. The van der Waals surface area contributed by atoms with Crippen LogP contribution in [0.1, 0.15) is 41.4 Å². The highest BCUT2D eigenvalue weighted by atomic mass is 32.1. The Bertz CT molecular complexity index is 1100. The second kappa shape index (κ2) is 7.91. The van der Waals surface area contributed by atoms with E-state index in [4.69, 9.17) is 0 Å². The maximum Gasteiger partial charge on any atom is 0.270 e. The van der Waals surface area contributed by atoms with Crippen molar-refractivity contribution in [2.75, 3.05) is 19.6 Å². The van der Waals surface area contributed by atoms with Gasteiger partial charge in [0.25, 0.3) is 5.91 Å². The Morgan fingerprint density at radius 3 is 2.77 bits per heavy atom. The zero-order chi connectivity index (χ0) is 20.7. The highest BCUT2D eigenvalue weighted by Crippen LogP contribution is 2.28. The number of carbonyl (C=O) groups is 2. The lowest BCUT2D eigenvalue weighted by Gasteiger charge is -2.36. The second-order valence-electron chi connectivity index (χ2n) is 8.31. The van der Waals surface area contributed by atoms with Crippen LogP contribution in [-0.4, -0.2) is 45.8 Å². The first-order valence-corrected chi connectivity index (χ1v) is 11.7. The Morgan fingerprint density at radius 1 is 1.10 bits per heavy atom. The maximum atomic E-state index is 13.3. The zero-order valence-corrected chi connectivity index (χ0v) is 18.2. The molecule has 0 N–H and O–H groups in total. The molecule has 2 aliphatic rings. The number of fused-ring (bicyclic) bond motifs is 2. The SMILES string of the molecule is CCn1c(C(=O)N2CCC[C@H](C(=O)N3CCc4ccccc4C3)C2)cc2sccc21. The minimum atomic E-state index is -0.0980. The fourth-order valence-corrected chi connectivity index (χ4v) is 5.78. The monoisotopic (exact) mass is 421 g/mol. The first-order chi connectivity index (χ1) is 14.7. The maximum absolute atomic E-state index is 13.3. The molecule has 0 radical (unpaired) electrons. The van der Waals surface area contributed by atoms with Crippen LogP contribution in [0.2, 0.25) is 0 Å². The zero-order valence-electron chi connectivity index (χ0n) is 17.3. The largest absolute Gasteiger partial charge is 0.338 e. The van der Waals surface area contributed by atoms with Gasteiger partial charge in [-0.25, -0.2) is 0 Å². The Kier molecular flexibility index (Phi) is 5.11. The van der Waals surface area contributed by atoms with Gasteiger partial charge in [0.2, 0.25) is 5.91 Å². The van der Waals surface area contributed by atoms with Crippen molar-refractivity contribution in [2.24, 2.45) is 5.92 Å². The normalized spacial score (nSPS) is 19.2. The van der Waals surface area contributed by atoms with Crippen molar-refractivity contribution in [2.45, 2.75) is 39.3 Å². The summed E-state index contributed by atoms with van der Waals surface area (Å²) in [4.78, 5) is 30.5. The predicted octanol–water partition coefficient (Wildman–Crippen LogP) is 4.16. The lowest BCUT2D eigenvalue weighted by Crippen LogP contribution is -2.48. The summed E-state index contributed by atoms with van der Waals surface area (Å²) in [5.74, 6) is 0.162. The van der Waals surface area contributed by atoms with E-state index in [2.05, 4.69) is 41.1 Å². The van der Waals surface area contributed by atoms with Crippen LogP contribution >= 0.6 is 11.3 Å². The van der Waals surface area contributed by atoms with Gasteiger partial charge >= 0.3 is 0 Å². The van der Waals surface area contributed by atoms with Crippen molar-refractivity contribution in [3.63, 3.8) is 0 Å². The van der Waals surface area contributed by atoms with Gasteiger partial charge in [-0.1, -0.05) is 24.3 Å². The van der Waals surface area contributed by atoms with Crippen LogP contribution in [0, 0.1) is 5.92 Å². The molecule has 0 unspecified atom stereocenters. The van der Waals surface area contributed by atoms with Crippen LogP contribution in [0.3, 0.4) is 0 Å². The van der Waals surface area contributed by atoms with E-state index in [0.29, 0.717) is 13.1 Å². The number of hydrogen-bond acceptors (Lipinski definition) is 3. The molecule has 5 nitrogen and oxygen atoms in total. The van der Waals surface area contributed by atoms with Crippen molar-refractivity contribution in [1.29, 1.82) is 0 Å². The number of amides is 2. The number of piperidine rings is 1. The predicted molar refractivity (Wildman–Crippen MR) is 120 cm³/mol. The average molecular weight is 422 g/mol. The summed E-state index contributed by atoms with van der Waals surface area (Å²) in [5, 5.41) is 2.07. The molecule has 5 rings (SSSR count). The van der Waals surface area contributed by atoms with Gasteiger partial charge in [-0.3, -0.25) is 9.59 Å². The molecule has 1 aromatic carbocycles. The van der Waals surface area contributed by atoms with E-state index in [1.54, 1.807) is 11.3 Å². The highest BCUT2D eigenvalue weighted by molar-refractivity contribution is 7.17. The number of aromatic nitrogens is 1. The molecule has 0 saturated carbocycles. The fraction of sp³-hybridized carbons (Fsp3) is 0.417. The third-order valence-corrected chi connectivity index (χ3v) is 7.41. The summed E-state index contributed by atoms with van der Waals surface area (Å²) in [6, 6.07) is 12.5. The summed E-state index contributed by atoms with van der Waals surface area (Å²) in [7, 11) is 0. The molecule has 3 aromatic rings. The van der Waals surface area contributed by atoms with E-state index in [9.17, 15) is 9.59 Å². The molecule has 1 saturated heterocycles. The molecule has 2 aliphatic heterocycles. The fourth-order valence-electron chi connectivity index (χ4n) is 4.96. The van der Waals surface area contributed by atoms with Crippen molar-refractivity contribution in [3.05, 3.63) is 58.6 Å². The number of likely N-dealkylation sites (tertiary alicyclic amines) is 1. The smallest absolute Gasteiger partial charge is 0.270 e. The third-order valence-electron chi connectivity index (χ3n) is 6.56. The van der Waals surface area contributed by atoms with E-state index in [-0.39, 0.29) is 17.7 Å². The van der Waals surface area contributed by atoms with Gasteiger partial charge in [0.05, 0.1) is 16.1 Å². The van der Waals surface area contributed by atoms with Crippen molar-refractivity contribution in [1.82, 2.24) is 14.4 Å². The van der Waals surface area contributed by atoms with Gasteiger partial charge in [0.1, 0.15) is 5.69 Å². The molecule has 2 aromatic heterocycles. The van der Waals surface area contributed by atoms with Gasteiger partial charge in [-0.15, -0.1) is 11.3 Å². The van der Waals surface area contributed by atoms with E-state index < -0.39 is 0 Å². The van der Waals surface area contributed by atoms with E-state index >= 15 is 0 Å². The van der Waals surface area contributed by atoms with Gasteiger partial charge in [0.15, 0.2) is 0 Å². The number of thiophene rings is 1. The molecule has 6 heteroatoms. The van der Waals surface area contributed by atoms with E-state index in [1.165, 1.54) is 11.1 Å². The quantitative estimate of drug-likeness (QED) is 0.637. The summed E-state index contributed by atoms with van der Waals surface area (Å²) >= 11 is 1.67. The summed E-state index contributed by atoms with van der Waals surface area (Å²) < 4.78 is 3.25. The molecule has 1 fully saturated rings. The second-order valence-corrected chi connectivity index (χ2v) is 9.26. The van der Waals surface area contributed by atoms with E-state index in [1.807, 2.05) is 21.9 Å². The molecule has 4 heterocycles. The summed E-state index contributed by atoms with van der Waals surface area (Å²) in [5.41, 5.74) is 4.48. The van der Waals surface area contributed by atoms with Crippen LogP contribution < -0.4 is 0 Å². The number of hydrogen-bond donors (Lipinski definition) is 0. The van der Waals surface area contributed by atoms with Crippen LogP contribution in [0.5, 0.6) is 0 Å². The number of benzene rings is 1. The summed E-state index contributed by atoms with van der Waals surface area (Å²) in [6.07, 6.45) is 2.66. The minimum Gasteiger partial charge on any atom is -0.338 e. The van der Waals surface area contributed by atoms with Crippen LogP contribution in [0.25, 0.3) is 10.2 Å². The molecule has 2 amide bonds. The Morgan fingerprint density at radius 2 is 1.93 bits per heavy atom. The van der Waals surface area contributed by atoms with Crippen molar-refractivity contribution in [3.8, 4) is 0 Å². The van der Waals surface area contributed by atoms with Crippen LogP contribution in [0.15, 0.2) is 41.8 Å². The first kappa shape index (κ1) is 19.4. The molecular weight excluding hydrogens is 394 g/mol. The molecule has 0 aliphatic carbocycles. The number of carbonyl (C=O) groups excluding carboxylic acids is 2. The van der Waals surface area contributed by atoms with Crippen LogP contribution in [0.4, 0.5) is 0 Å². The van der Waals surface area contributed by atoms with Crippen molar-refractivity contribution >= 4 is 33.4 Å². The van der Waals surface area contributed by atoms with Gasteiger partial charge in [-0.05, 0) is 54.8 Å². The standard InChI is InChI=1S/C24H27N3O2S/c1-2-27-20-10-13-30-22(20)14-21(27)24(29)25-11-5-8-19(16-25)23(28)26-12-9-17-6-3-4-7-18(17)15-26/h3-4,6-7,10,13-14,19H,2,5,8-9,11-12,15-16H2,1H3/t19-/m0/s1. The third kappa shape index (κ3) is 3.33. The molecule has 30 heavy (non-hydrogen) atoms. The highest BCUT2D eigenvalue weighted by Gasteiger charge is 2.33. The Balaban J connectivity index is 1.31. The average Bonchev–Trinajstić information content (AvgIpc) is 3.39. The molecule has 0 spiro atoms. The lowest BCUT2D eigenvalue weighted by molar-refractivity contribution is -0.137. The minimum absolute atomic E-state index is 0.0572. The van der Waals surface area contributed by atoms with Crippen LogP contribution in [-0.2, 0) is 24.3 Å². The van der Waals surface area contributed by atoms with Gasteiger partial charge in [0, 0.05) is 32.7 Å². The Labute approximate surface area is 180 Å². The lowest BCUT2D eigenvalue weighted by atomic mass is 9.93. The number of rotatable bonds is 3.